The number of benzene rings is 1. The monoisotopic (exact) mass is 234 g/mol. The van der Waals surface area contributed by atoms with Gasteiger partial charge in [-0.3, -0.25) is 0 Å². The lowest BCUT2D eigenvalue weighted by Crippen LogP contribution is -2.18. The predicted octanol–water partition coefficient (Wildman–Crippen LogP) is 2.24. The highest BCUT2D eigenvalue weighted by Crippen LogP contribution is 2.16. The second-order valence-electron chi connectivity index (χ2n) is 3.57. The normalized spacial score (nSPS) is 9.71. The van der Waals surface area contributed by atoms with Crippen LogP contribution in [0.3, 0.4) is 0 Å². The molecule has 0 aliphatic heterocycles. The van der Waals surface area contributed by atoms with Gasteiger partial charge in [0.15, 0.2) is 0 Å². The molecule has 17 heavy (non-hydrogen) atoms. The Morgan fingerprint density at radius 2 is 2.35 bits per heavy atom. The fraction of sp³-hybridized carbons (Fsp3) is 0.308. The Labute approximate surface area is 101 Å². The van der Waals surface area contributed by atoms with E-state index < -0.39 is 5.82 Å². The zero-order valence-corrected chi connectivity index (χ0v) is 9.79. The minimum atomic E-state index is -0.567. The Morgan fingerprint density at radius 3 is 2.94 bits per heavy atom. The molecule has 0 aliphatic rings. The molecular formula is C13H15FN2O. The number of nitrogens with one attached hydrogen (secondary N) is 1. The summed E-state index contributed by atoms with van der Waals surface area (Å²) in [5, 5.41) is 11.7. The lowest BCUT2D eigenvalue weighted by atomic mass is 10.2. The molecule has 0 aromatic heterocycles. The van der Waals surface area contributed by atoms with Crippen molar-refractivity contribution in [3.8, 4) is 11.8 Å². The van der Waals surface area contributed by atoms with Crippen LogP contribution in [0.5, 0.6) is 5.75 Å². The average Bonchev–Trinajstić information content (AvgIpc) is 2.34. The third kappa shape index (κ3) is 4.25. The SMILES string of the molecule is C=C(CNCC)COc1ccc(C#N)c(F)c1. The van der Waals surface area contributed by atoms with Gasteiger partial charge in [-0.25, -0.2) is 4.39 Å². The summed E-state index contributed by atoms with van der Waals surface area (Å²) < 4.78 is 18.6. The van der Waals surface area contributed by atoms with Crippen LogP contribution in [0.2, 0.25) is 0 Å². The third-order valence-corrected chi connectivity index (χ3v) is 2.13. The summed E-state index contributed by atoms with van der Waals surface area (Å²) in [6.45, 7) is 7.71. The van der Waals surface area contributed by atoms with E-state index in [-0.39, 0.29) is 5.56 Å². The average molecular weight is 234 g/mol. The lowest BCUT2D eigenvalue weighted by molar-refractivity contribution is 0.346. The van der Waals surface area contributed by atoms with Gasteiger partial charge in [-0.2, -0.15) is 5.26 Å². The molecule has 0 saturated carbocycles. The van der Waals surface area contributed by atoms with Crippen LogP contribution in [0, 0.1) is 17.1 Å². The summed E-state index contributed by atoms with van der Waals surface area (Å²) in [6.07, 6.45) is 0. The van der Waals surface area contributed by atoms with E-state index in [1.54, 1.807) is 12.1 Å². The van der Waals surface area contributed by atoms with Crippen molar-refractivity contribution >= 4 is 0 Å². The Morgan fingerprint density at radius 1 is 1.59 bits per heavy atom. The highest BCUT2D eigenvalue weighted by atomic mass is 19.1. The molecule has 0 unspecified atom stereocenters. The first-order chi connectivity index (χ1) is 8.17. The maximum Gasteiger partial charge on any atom is 0.144 e. The van der Waals surface area contributed by atoms with Crippen molar-refractivity contribution in [3.63, 3.8) is 0 Å². The van der Waals surface area contributed by atoms with Gasteiger partial charge in [0.2, 0.25) is 0 Å². The number of nitrogens with zero attached hydrogens (tertiary/aromatic N) is 1. The molecule has 0 spiro atoms. The minimum Gasteiger partial charge on any atom is -0.489 e. The molecule has 0 amide bonds. The van der Waals surface area contributed by atoms with Gasteiger partial charge in [-0.1, -0.05) is 13.5 Å². The number of rotatable bonds is 6. The minimum absolute atomic E-state index is 0.0174. The molecule has 0 heterocycles. The summed E-state index contributed by atoms with van der Waals surface area (Å²) >= 11 is 0. The first-order valence-electron chi connectivity index (χ1n) is 5.37. The zero-order chi connectivity index (χ0) is 12.7. The maximum absolute atomic E-state index is 13.2. The highest BCUT2D eigenvalue weighted by Gasteiger charge is 2.03. The quantitative estimate of drug-likeness (QED) is 0.768. The van der Waals surface area contributed by atoms with Crippen LogP contribution in [0.4, 0.5) is 4.39 Å². The number of halogens is 1. The smallest absolute Gasteiger partial charge is 0.144 e. The highest BCUT2D eigenvalue weighted by molar-refractivity contribution is 5.36. The Hall–Kier alpha value is -1.86. The van der Waals surface area contributed by atoms with Crippen molar-refractivity contribution in [1.82, 2.24) is 5.32 Å². The van der Waals surface area contributed by atoms with Crippen LogP contribution in [0.15, 0.2) is 30.4 Å². The molecule has 0 atom stereocenters. The Balaban J connectivity index is 2.50. The summed E-state index contributed by atoms with van der Waals surface area (Å²) in [6, 6.07) is 5.94. The number of hydrogen-bond donors (Lipinski definition) is 1. The van der Waals surface area contributed by atoms with E-state index in [0.29, 0.717) is 18.9 Å². The standard InChI is InChI=1S/C13H15FN2O/c1-3-16-8-10(2)9-17-12-5-4-11(7-15)13(14)6-12/h4-6,16H,2-3,8-9H2,1H3. The van der Waals surface area contributed by atoms with Gasteiger partial charge in [-0.15, -0.1) is 0 Å². The molecule has 0 radical (unpaired) electrons. The number of hydrogen-bond acceptors (Lipinski definition) is 3. The van der Waals surface area contributed by atoms with Crippen LogP contribution < -0.4 is 10.1 Å². The first-order valence-corrected chi connectivity index (χ1v) is 5.37. The molecule has 0 fully saturated rings. The van der Waals surface area contributed by atoms with Gasteiger partial charge in [0.1, 0.15) is 24.2 Å². The van der Waals surface area contributed by atoms with Crippen LogP contribution >= 0.6 is 0 Å². The predicted molar refractivity (Wildman–Crippen MR) is 64.3 cm³/mol. The number of ether oxygens (including phenoxy) is 1. The molecule has 1 rings (SSSR count). The van der Waals surface area contributed by atoms with Crippen molar-refractivity contribution in [2.24, 2.45) is 0 Å². The molecule has 0 aliphatic carbocycles. The van der Waals surface area contributed by atoms with Gasteiger partial charge in [-0.05, 0) is 24.3 Å². The molecule has 90 valence electrons. The number of nitriles is 1. The fourth-order valence-electron chi connectivity index (χ4n) is 1.21. The summed E-state index contributed by atoms with van der Waals surface area (Å²) in [5.74, 6) is -0.165. The van der Waals surface area contributed by atoms with Crippen LogP contribution in [-0.4, -0.2) is 19.7 Å². The largest absolute Gasteiger partial charge is 0.489 e. The summed E-state index contributed by atoms with van der Waals surface area (Å²) in [4.78, 5) is 0. The van der Waals surface area contributed by atoms with E-state index in [9.17, 15) is 4.39 Å². The van der Waals surface area contributed by atoms with Gasteiger partial charge >= 0.3 is 0 Å². The molecule has 1 aromatic carbocycles. The van der Waals surface area contributed by atoms with Crippen molar-refractivity contribution in [2.45, 2.75) is 6.92 Å². The molecule has 1 N–H and O–H groups in total. The maximum atomic E-state index is 13.2. The van der Waals surface area contributed by atoms with Crippen molar-refractivity contribution in [2.75, 3.05) is 19.7 Å². The van der Waals surface area contributed by atoms with Crippen molar-refractivity contribution in [1.29, 1.82) is 5.26 Å². The zero-order valence-electron chi connectivity index (χ0n) is 9.79. The van der Waals surface area contributed by atoms with Crippen LogP contribution in [0.1, 0.15) is 12.5 Å². The fourth-order valence-corrected chi connectivity index (χ4v) is 1.21. The summed E-state index contributed by atoms with van der Waals surface area (Å²) in [7, 11) is 0. The molecule has 0 saturated heterocycles. The molecule has 0 bridgehead atoms. The Kier molecular flexibility index (Phi) is 5.18. The van der Waals surface area contributed by atoms with Crippen LogP contribution in [-0.2, 0) is 0 Å². The first kappa shape index (κ1) is 13.2. The second kappa shape index (κ2) is 6.66. The Bertz CT molecular complexity index is 438. The number of likely N-dealkylation sites (N-methyl/N-ethyl adjacent to an activating group) is 1. The van der Waals surface area contributed by atoms with Crippen molar-refractivity contribution < 1.29 is 9.13 Å². The molecular weight excluding hydrogens is 219 g/mol. The second-order valence-corrected chi connectivity index (χ2v) is 3.57. The van der Waals surface area contributed by atoms with E-state index in [4.69, 9.17) is 10.00 Å². The molecule has 1 aromatic rings. The van der Waals surface area contributed by atoms with E-state index in [1.165, 1.54) is 12.1 Å². The van der Waals surface area contributed by atoms with E-state index in [1.807, 2.05) is 6.92 Å². The topological polar surface area (TPSA) is 45.0 Å². The van der Waals surface area contributed by atoms with E-state index >= 15 is 0 Å². The van der Waals surface area contributed by atoms with Crippen molar-refractivity contribution in [3.05, 3.63) is 41.7 Å². The third-order valence-electron chi connectivity index (χ3n) is 2.13. The van der Waals surface area contributed by atoms with Gasteiger partial charge in [0.25, 0.3) is 0 Å². The molecule has 4 heteroatoms. The van der Waals surface area contributed by atoms with Gasteiger partial charge < -0.3 is 10.1 Å². The molecule has 3 nitrogen and oxygen atoms in total. The lowest BCUT2D eigenvalue weighted by Gasteiger charge is -2.09. The van der Waals surface area contributed by atoms with Gasteiger partial charge in [0, 0.05) is 12.6 Å². The van der Waals surface area contributed by atoms with E-state index in [2.05, 4.69) is 11.9 Å². The van der Waals surface area contributed by atoms with Gasteiger partial charge in [0.05, 0.1) is 5.56 Å². The van der Waals surface area contributed by atoms with Crippen LogP contribution in [0.25, 0.3) is 0 Å². The summed E-state index contributed by atoms with van der Waals surface area (Å²) in [5.41, 5.74) is 0.903. The van der Waals surface area contributed by atoms with E-state index in [0.717, 1.165) is 12.1 Å².